The number of nitrogens with one attached hydrogen (secondary N) is 3. The van der Waals surface area contributed by atoms with Crippen molar-refractivity contribution in [3.05, 3.63) is 71.8 Å². The van der Waals surface area contributed by atoms with Gasteiger partial charge in [0.1, 0.15) is 12.6 Å². The summed E-state index contributed by atoms with van der Waals surface area (Å²) in [5, 5.41) is 21.2. The molecule has 4 heterocycles. The molecule has 12 nitrogen and oxygen atoms in total. The lowest BCUT2D eigenvalue weighted by molar-refractivity contribution is -0.850. The smallest absolute Gasteiger partial charge is 0.236 e. The monoisotopic (exact) mass is 543 g/mol. The second kappa shape index (κ2) is 11.6. The van der Waals surface area contributed by atoms with Gasteiger partial charge in [-0.05, 0) is 48.5 Å². The summed E-state index contributed by atoms with van der Waals surface area (Å²) >= 11 is 0. The second-order valence-corrected chi connectivity index (χ2v) is 10.4. The van der Waals surface area contributed by atoms with E-state index in [1.807, 2.05) is 41.3 Å². The highest BCUT2D eigenvalue weighted by atomic mass is 16.5. The summed E-state index contributed by atoms with van der Waals surface area (Å²) in [5.74, 6) is 0.841. The summed E-state index contributed by atoms with van der Waals surface area (Å²) in [4.78, 5) is 28.0. The zero-order chi connectivity index (χ0) is 27.5. The molecule has 208 valence electrons. The molecule has 2 aromatic carbocycles. The summed E-state index contributed by atoms with van der Waals surface area (Å²) in [5.41, 5.74) is 11.7. The number of hydrogen-bond donors (Lipinski definition) is 4. The normalized spacial score (nSPS) is 18.8. The first-order valence-electron chi connectivity index (χ1n) is 13.8. The fourth-order valence-electron chi connectivity index (χ4n) is 5.54. The van der Waals surface area contributed by atoms with Crippen LogP contribution in [0.15, 0.2) is 60.9 Å². The molecule has 0 spiro atoms. The number of fused-ring (bicyclic) bond motifs is 1. The highest BCUT2D eigenvalue weighted by Gasteiger charge is 2.31. The molecule has 12 heteroatoms. The van der Waals surface area contributed by atoms with E-state index in [1.165, 1.54) is 0 Å². The fourth-order valence-corrected chi connectivity index (χ4v) is 5.54. The SMILES string of the molecule is [NH3+]Cc1[nH]nc2ccc(N[NH+]([O-])C3CCN(CC(=O)N4CCN(c5ccc(-c6ncccn6)cc5)CC4)C3)cc12. The van der Waals surface area contributed by atoms with Gasteiger partial charge in [0.05, 0.1) is 30.0 Å². The Labute approximate surface area is 232 Å². The number of aromatic nitrogens is 4. The summed E-state index contributed by atoms with van der Waals surface area (Å²) in [6.07, 6.45) is 4.23. The van der Waals surface area contributed by atoms with Gasteiger partial charge in [-0.2, -0.15) is 5.10 Å². The molecule has 1 amide bonds. The Morgan fingerprint density at radius 2 is 1.85 bits per heavy atom. The predicted octanol–water partition coefficient (Wildman–Crippen LogP) is -0.105. The van der Waals surface area contributed by atoms with E-state index in [4.69, 9.17) is 0 Å². The van der Waals surface area contributed by atoms with Crippen LogP contribution in [0.3, 0.4) is 0 Å². The highest BCUT2D eigenvalue weighted by Crippen LogP contribution is 2.22. The zero-order valence-corrected chi connectivity index (χ0v) is 22.4. The van der Waals surface area contributed by atoms with Crippen molar-refractivity contribution in [1.82, 2.24) is 30.0 Å². The molecule has 0 aliphatic carbocycles. The first kappa shape index (κ1) is 26.1. The van der Waals surface area contributed by atoms with Crippen LogP contribution in [0.1, 0.15) is 12.1 Å². The maximum atomic E-state index is 13.1. The lowest BCUT2D eigenvalue weighted by Crippen LogP contribution is -3.14. The summed E-state index contributed by atoms with van der Waals surface area (Å²) < 4.78 is 0. The minimum absolute atomic E-state index is 0.00701. The number of aromatic amines is 1. The number of nitrogens with zero attached hydrogens (tertiary/aromatic N) is 6. The largest absolute Gasteiger partial charge is 0.608 e. The molecule has 2 aliphatic rings. The Balaban J connectivity index is 0.968. The van der Waals surface area contributed by atoms with Gasteiger partial charge in [0.2, 0.25) is 5.91 Å². The van der Waals surface area contributed by atoms with Crippen molar-refractivity contribution >= 4 is 28.2 Å². The van der Waals surface area contributed by atoms with E-state index in [1.54, 1.807) is 12.4 Å². The van der Waals surface area contributed by atoms with E-state index in [0.717, 1.165) is 59.6 Å². The van der Waals surface area contributed by atoms with Crippen molar-refractivity contribution in [1.29, 1.82) is 0 Å². The van der Waals surface area contributed by atoms with Crippen molar-refractivity contribution in [2.45, 2.75) is 19.0 Å². The van der Waals surface area contributed by atoms with Gasteiger partial charge >= 0.3 is 0 Å². The van der Waals surface area contributed by atoms with Crippen molar-refractivity contribution in [3.8, 4) is 11.4 Å². The third-order valence-electron chi connectivity index (χ3n) is 7.84. The molecule has 0 saturated carbocycles. The molecular formula is C28H35N10O2+. The topological polar surface area (TPSA) is 148 Å². The van der Waals surface area contributed by atoms with Crippen LogP contribution in [0.2, 0.25) is 0 Å². The third kappa shape index (κ3) is 5.61. The Hall–Kier alpha value is -4.10. The predicted molar refractivity (Wildman–Crippen MR) is 152 cm³/mol. The van der Waals surface area contributed by atoms with Crippen molar-refractivity contribution < 1.29 is 15.7 Å². The number of hydrogen-bond acceptors (Lipinski definition) is 8. The minimum atomic E-state index is -0.138. The van der Waals surface area contributed by atoms with E-state index in [0.29, 0.717) is 38.5 Å². The van der Waals surface area contributed by atoms with E-state index in [2.05, 4.69) is 53.3 Å². The molecule has 2 unspecified atom stereocenters. The van der Waals surface area contributed by atoms with E-state index < -0.39 is 0 Å². The average Bonchev–Trinajstić information content (AvgIpc) is 3.64. The zero-order valence-electron chi connectivity index (χ0n) is 22.4. The molecular weight excluding hydrogens is 508 g/mol. The molecule has 0 bridgehead atoms. The lowest BCUT2D eigenvalue weighted by atomic mass is 10.1. The first-order valence-corrected chi connectivity index (χ1v) is 13.8. The Morgan fingerprint density at radius 3 is 2.60 bits per heavy atom. The molecule has 6 rings (SSSR count). The quantitative estimate of drug-likeness (QED) is 0.225. The number of H-pyrrole nitrogens is 1. The van der Waals surface area contributed by atoms with E-state index >= 15 is 0 Å². The highest BCUT2D eigenvalue weighted by molar-refractivity contribution is 5.84. The van der Waals surface area contributed by atoms with Crippen LogP contribution in [0, 0.1) is 5.21 Å². The third-order valence-corrected chi connectivity index (χ3v) is 7.84. The maximum absolute atomic E-state index is 13.1. The number of amides is 1. The molecule has 0 radical (unpaired) electrons. The number of piperazine rings is 1. The molecule has 2 fully saturated rings. The molecule has 2 saturated heterocycles. The van der Waals surface area contributed by atoms with Gasteiger partial charge in [0.15, 0.2) is 5.82 Å². The lowest BCUT2D eigenvalue weighted by Gasteiger charge is -2.37. The number of quaternary nitrogens is 2. The number of likely N-dealkylation sites (tertiary alicyclic amines) is 1. The molecule has 4 aromatic rings. The summed E-state index contributed by atoms with van der Waals surface area (Å²) in [6, 6.07) is 15.6. The van der Waals surface area contributed by atoms with Crippen LogP contribution in [0.25, 0.3) is 22.3 Å². The maximum Gasteiger partial charge on any atom is 0.236 e. The van der Waals surface area contributed by atoms with Gasteiger partial charge in [0, 0.05) is 68.2 Å². The van der Waals surface area contributed by atoms with Gasteiger partial charge in [-0.1, -0.05) is 0 Å². The van der Waals surface area contributed by atoms with Crippen molar-refractivity contribution in [2.24, 2.45) is 0 Å². The molecule has 2 atom stereocenters. The average molecular weight is 544 g/mol. The molecule has 40 heavy (non-hydrogen) atoms. The Kier molecular flexibility index (Phi) is 7.55. The first-order chi connectivity index (χ1) is 19.6. The van der Waals surface area contributed by atoms with E-state index in [-0.39, 0.29) is 17.1 Å². The minimum Gasteiger partial charge on any atom is -0.608 e. The van der Waals surface area contributed by atoms with Crippen molar-refractivity contribution in [3.63, 3.8) is 0 Å². The standard InChI is InChI=1S/C28H34N10O2/c29-17-26-24-16-21(4-7-25(24)32-33-26)34-38(40)23-8-11-35(18-23)19-27(39)37-14-12-36(13-15-37)22-5-2-20(3-6-22)28-30-9-1-10-31-28/h1-7,9-10,16,23,34,38H,8,11-15,17-19,29H2,(H,32,33)/p+1. The number of rotatable bonds is 8. The summed E-state index contributed by atoms with van der Waals surface area (Å²) in [7, 11) is 0. The van der Waals surface area contributed by atoms with Crippen LogP contribution in [0.5, 0.6) is 0 Å². The summed E-state index contributed by atoms with van der Waals surface area (Å²) in [6.45, 7) is 5.23. The van der Waals surface area contributed by atoms with Crippen LogP contribution in [-0.2, 0) is 11.3 Å². The van der Waals surface area contributed by atoms with Crippen LogP contribution in [-0.4, -0.2) is 87.7 Å². The molecule has 2 aromatic heterocycles. The van der Waals surface area contributed by atoms with Gasteiger partial charge < -0.3 is 20.7 Å². The number of hydroxylamine groups is 1. The Morgan fingerprint density at radius 1 is 1.07 bits per heavy atom. The number of carbonyl (C=O) groups excluding carboxylic acids is 1. The number of anilines is 2. The van der Waals surface area contributed by atoms with Crippen LogP contribution >= 0.6 is 0 Å². The van der Waals surface area contributed by atoms with Crippen molar-refractivity contribution in [2.75, 3.05) is 56.1 Å². The molecule has 2 aliphatic heterocycles. The fraction of sp³-hybridized carbons (Fsp3) is 0.357. The van der Waals surface area contributed by atoms with Gasteiger partial charge in [0.25, 0.3) is 0 Å². The molecule has 6 N–H and O–H groups in total. The van der Waals surface area contributed by atoms with Crippen LogP contribution < -0.4 is 21.2 Å². The van der Waals surface area contributed by atoms with Gasteiger partial charge in [-0.25, -0.2) is 15.4 Å². The van der Waals surface area contributed by atoms with Gasteiger partial charge in [-0.15, -0.1) is 0 Å². The number of benzene rings is 2. The number of carbonyl (C=O) groups is 1. The van der Waals surface area contributed by atoms with Crippen LogP contribution in [0.4, 0.5) is 11.4 Å². The van der Waals surface area contributed by atoms with Gasteiger partial charge in [-0.3, -0.25) is 20.0 Å². The van der Waals surface area contributed by atoms with E-state index in [9.17, 15) is 10.0 Å². The Bertz CT molecular complexity index is 1440. The second-order valence-electron chi connectivity index (χ2n) is 10.4.